The van der Waals surface area contributed by atoms with Gasteiger partial charge in [0.2, 0.25) is 0 Å². The van der Waals surface area contributed by atoms with Crippen LogP contribution < -0.4 is 10.6 Å². The number of aromatic nitrogens is 1. The summed E-state index contributed by atoms with van der Waals surface area (Å²) in [6.45, 7) is 0. The van der Waals surface area contributed by atoms with Gasteiger partial charge in [-0.05, 0) is 30.3 Å². The molecule has 2 aromatic heterocycles. The van der Waals surface area contributed by atoms with Crippen molar-refractivity contribution in [2.24, 2.45) is 9.98 Å². The van der Waals surface area contributed by atoms with E-state index < -0.39 is 0 Å². The molecule has 0 atom stereocenters. The van der Waals surface area contributed by atoms with Crippen molar-refractivity contribution in [1.29, 1.82) is 0 Å². The zero-order valence-electron chi connectivity index (χ0n) is 10.2. The first kappa shape index (κ1) is 10.3. The molecule has 0 unspecified atom stereocenters. The first-order valence-corrected chi connectivity index (χ1v) is 6.20. The Labute approximate surface area is 109 Å². The maximum absolute atomic E-state index is 4.63. The van der Waals surface area contributed by atoms with Crippen molar-refractivity contribution in [3.63, 3.8) is 0 Å². The van der Waals surface area contributed by atoms with Crippen LogP contribution in [0, 0.1) is 0 Å². The van der Waals surface area contributed by atoms with Crippen molar-refractivity contribution in [2.45, 2.75) is 0 Å². The van der Waals surface area contributed by atoms with Crippen LogP contribution in [0.5, 0.6) is 0 Å². The molecule has 3 heteroatoms. The topological polar surface area (TPSA) is 29.1 Å². The molecule has 19 heavy (non-hydrogen) atoms. The number of fused-ring (bicyclic) bond motifs is 2. The lowest BCUT2D eigenvalue weighted by Crippen LogP contribution is -2.19. The van der Waals surface area contributed by atoms with Crippen LogP contribution in [0.25, 0.3) is 11.6 Å². The van der Waals surface area contributed by atoms with Gasteiger partial charge in [0.1, 0.15) is 0 Å². The highest BCUT2D eigenvalue weighted by Gasteiger charge is 2.04. The van der Waals surface area contributed by atoms with Crippen LogP contribution in [0.15, 0.2) is 70.9 Å². The van der Waals surface area contributed by atoms with Gasteiger partial charge in [-0.3, -0.25) is 0 Å². The predicted octanol–water partition coefficient (Wildman–Crippen LogP) is 2.08. The van der Waals surface area contributed by atoms with E-state index in [9.17, 15) is 0 Å². The highest BCUT2D eigenvalue weighted by Crippen LogP contribution is 2.21. The third-order valence-corrected chi connectivity index (χ3v) is 3.24. The molecule has 0 bridgehead atoms. The number of amidine groups is 1. The van der Waals surface area contributed by atoms with Crippen LogP contribution in [0.3, 0.4) is 0 Å². The quantitative estimate of drug-likeness (QED) is 0.628. The fraction of sp³-hybridized carbons (Fsp3) is 0. The summed E-state index contributed by atoms with van der Waals surface area (Å²) in [7, 11) is 0. The Bertz CT molecular complexity index is 879. The van der Waals surface area contributed by atoms with E-state index in [2.05, 4.69) is 26.5 Å². The van der Waals surface area contributed by atoms with Gasteiger partial charge in [-0.15, -0.1) is 0 Å². The number of pyridine rings is 1. The fourth-order valence-electron chi connectivity index (χ4n) is 2.32. The van der Waals surface area contributed by atoms with Gasteiger partial charge in [0.15, 0.2) is 5.84 Å². The molecule has 0 saturated heterocycles. The zero-order valence-corrected chi connectivity index (χ0v) is 10.2. The van der Waals surface area contributed by atoms with Gasteiger partial charge in [-0.2, -0.15) is 0 Å². The second kappa shape index (κ2) is 3.92. The fourth-order valence-corrected chi connectivity index (χ4v) is 2.32. The molecule has 1 aromatic carbocycles. The highest BCUT2D eigenvalue weighted by atomic mass is 15.0. The van der Waals surface area contributed by atoms with Crippen molar-refractivity contribution >= 4 is 23.1 Å². The van der Waals surface area contributed by atoms with E-state index in [0.717, 1.165) is 27.6 Å². The van der Waals surface area contributed by atoms with Gasteiger partial charge >= 0.3 is 0 Å². The normalized spacial score (nSPS) is 15.3. The second-order valence-corrected chi connectivity index (χ2v) is 4.48. The minimum atomic E-state index is 0.762. The minimum absolute atomic E-state index is 0.762. The molecule has 0 N–H and O–H groups in total. The SMILES string of the molecule is C1=c2ccccc2=NC1=Nc1ccn2ccccc12. The minimum Gasteiger partial charge on any atom is -0.322 e. The van der Waals surface area contributed by atoms with Gasteiger partial charge in [0.25, 0.3) is 0 Å². The molecule has 0 amide bonds. The van der Waals surface area contributed by atoms with Crippen LogP contribution in [-0.4, -0.2) is 10.2 Å². The Morgan fingerprint density at radius 1 is 0.895 bits per heavy atom. The molecule has 0 aliphatic carbocycles. The monoisotopic (exact) mass is 245 g/mol. The molecule has 0 saturated carbocycles. The summed E-state index contributed by atoms with van der Waals surface area (Å²) >= 11 is 0. The van der Waals surface area contributed by atoms with E-state index >= 15 is 0 Å². The number of hydrogen-bond acceptors (Lipinski definition) is 1. The summed E-state index contributed by atoms with van der Waals surface area (Å²) in [5.41, 5.74) is 2.04. The van der Waals surface area contributed by atoms with E-state index in [4.69, 9.17) is 0 Å². The summed E-state index contributed by atoms with van der Waals surface area (Å²) in [5.74, 6) is 0.762. The lowest BCUT2D eigenvalue weighted by molar-refractivity contribution is 1.20. The second-order valence-electron chi connectivity index (χ2n) is 4.48. The summed E-state index contributed by atoms with van der Waals surface area (Å²) < 4.78 is 2.06. The van der Waals surface area contributed by atoms with Gasteiger partial charge in [0.05, 0.1) is 16.6 Å². The molecular formula is C16H11N3. The third kappa shape index (κ3) is 1.67. The van der Waals surface area contributed by atoms with Crippen LogP contribution in [0.4, 0.5) is 5.69 Å². The Kier molecular flexibility index (Phi) is 2.12. The molecule has 3 heterocycles. The third-order valence-electron chi connectivity index (χ3n) is 3.24. The Hall–Kier alpha value is -2.68. The Balaban J connectivity index is 1.88. The predicted molar refractivity (Wildman–Crippen MR) is 76.2 cm³/mol. The summed E-state index contributed by atoms with van der Waals surface area (Å²) in [6.07, 6.45) is 6.04. The Morgan fingerprint density at radius 3 is 2.74 bits per heavy atom. The number of hydrogen-bond donors (Lipinski definition) is 0. The van der Waals surface area contributed by atoms with Gasteiger partial charge < -0.3 is 4.40 Å². The number of para-hydroxylation sites is 1. The summed E-state index contributed by atoms with van der Waals surface area (Å²) in [5, 5.41) is 2.12. The van der Waals surface area contributed by atoms with E-state index in [-0.39, 0.29) is 0 Å². The molecule has 90 valence electrons. The van der Waals surface area contributed by atoms with Crippen LogP contribution in [-0.2, 0) is 0 Å². The summed E-state index contributed by atoms with van der Waals surface area (Å²) in [4.78, 5) is 9.15. The van der Waals surface area contributed by atoms with Crippen molar-refractivity contribution in [1.82, 2.24) is 4.40 Å². The van der Waals surface area contributed by atoms with E-state index in [1.165, 1.54) is 0 Å². The lowest BCUT2D eigenvalue weighted by Gasteiger charge is -1.94. The highest BCUT2D eigenvalue weighted by molar-refractivity contribution is 6.12. The van der Waals surface area contributed by atoms with E-state index in [0.29, 0.717) is 0 Å². The molecule has 0 fully saturated rings. The molecular weight excluding hydrogens is 234 g/mol. The van der Waals surface area contributed by atoms with Crippen LogP contribution in [0.1, 0.15) is 0 Å². The van der Waals surface area contributed by atoms with Gasteiger partial charge in [-0.25, -0.2) is 9.98 Å². The average molecular weight is 245 g/mol. The molecule has 3 aromatic rings. The number of rotatable bonds is 1. The first-order valence-electron chi connectivity index (χ1n) is 6.20. The maximum Gasteiger partial charge on any atom is 0.153 e. The van der Waals surface area contributed by atoms with Gasteiger partial charge in [-0.1, -0.05) is 24.3 Å². The lowest BCUT2D eigenvalue weighted by atomic mass is 10.3. The molecule has 0 radical (unpaired) electrons. The molecule has 3 nitrogen and oxygen atoms in total. The van der Waals surface area contributed by atoms with Crippen molar-refractivity contribution in [3.8, 4) is 0 Å². The van der Waals surface area contributed by atoms with E-state index in [1.807, 2.05) is 54.9 Å². The first-order chi connectivity index (χ1) is 9.40. The summed E-state index contributed by atoms with van der Waals surface area (Å²) in [6, 6.07) is 16.2. The zero-order chi connectivity index (χ0) is 12.7. The van der Waals surface area contributed by atoms with Crippen LogP contribution in [0.2, 0.25) is 0 Å². The molecule has 4 rings (SSSR count). The number of aliphatic imine (C=N–C) groups is 1. The van der Waals surface area contributed by atoms with Crippen molar-refractivity contribution in [3.05, 3.63) is 71.5 Å². The van der Waals surface area contributed by atoms with Crippen LogP contribution >= 0.6 is 0 Å². The standard InChI is InChI=1S/C16H11N3/c1-2-6-13-12(5-1)11-16(17-13)18-14-8-10-19-9-4-3-7-15(14)19/h1-11H. The molecule has 1 aliphatic rings. The van der Waals surface area contributed by atoms with Gasteiger partial charge in [0, 0.05) is 17.6 Å². The maximum atomic E-state index is 4.63. The smallest absolute Gasteiger partial charge is 0.153 e. The number of nitrogens with zero attached hydrogens (tertiary/aromatic N) is 3. The largest absolute Gasteiger partial charge is 0.322 e. The average Bonchev–Trinajstić information content (AvgIpc) is 3.03. The molecule has 0 spiro atoms. The van der Waals surface area contributed by atoms with E-state index in [1.54, 1.807) is 0 Å². The molecule has 1 aliphatic heterocycles. The number of benzene rings is 1. The van der Waals surface area contributed by atoms with Crippen molar-refractivity contribution in [2.75, 3.05) is 0 Å². The van der Waals surface area contributed by atoms with Crippen molar-refractivity contribution < 1.29 is 0 Å². The Morgan fingerprint density at radius 2 is 1.79 bits per heavy atom.